The summed E-state index contributed by atoms with van der Waals surface area (Å²) in [6, 6.07) is 28.3. The molecule has 0 radical (unpaired) electrons. The van der Waals surface area contributed by atoms with Crippen LogP contribution >= 0.6 is 0 Å². The van der Waals surface area contributed by atoms with Crippen LogP contribution in [0.15, 0.2) is 91.0 Å². The van der Waals surface area contributed by atoms with E-state index in [9.17, 15) is 14.7 Å². The Kier molecular flexibility index (Phi) is 5.31. The van der Waals surface area contributed by atoms with Gasteiger partial charge in [0.15, 0.2) is 0 Å². The predicted molar refractivity (Wildman–Crippen MR) is 129 cm³/mol. The average molecular weight is 437 g/mol. The van der Waals surface area contributed by atoms with E-state index in [2.05, 4.69) is 24.3 Å². The molecule has 0 bridgehead atoms. The molecule has 4 aromatic rings. The zero-order valence-corrected chi connectivity index (χ0v) is 18.1. The number of hydrogen-bond donors (Lipinski definition) is 1. The van der Waals surface area contributed by atoms with Crippen molar-refractivity contribution in [2.24, 2.45) is 0 Å². The van der Waals surface area contributed by atoms with Crippen molar-refractivity contribution >= 4 is 28.5 Å². The molecule has 0 aromatic heterocycles. The Morgan fingerprint density at radius 3 is 2.06 bits per heavy atom. The number of benzene rings is 4. The number of carbonyl (C=O) groups excluding carboxylic acids is 1. The van der Waals surface area contributed by atoms with Gasteiger partial charge in [0.25, 0.3) is 0 Å². The maximum atomic E-state index is 13.2. The number of rotatable bonds is 5. The van der Waals surface area contributed by atoms with Gasteiger partial charge in [-0.15, -0.1) is 0 Å². The first-order chi connectivity index (χ1) is 16.0. The third-order valence-corrected chi connectivity index (χ3v) is 6.29. The zero-order chi connectivity index (χ0) is 22.9. The lowest BCUT2D eigenvalue weighted by Gasteiger charge is -2.27. The largest absolute Gasteiger partial charge is 0.480 e. The fourth-order valence-electron chi connectivity index (χ4n) is 4.59. The van der Waals surface area contributed by atoms with Gasteiger partial charge in [-0.25, -0.2) is 9.59 Å². The Balaban J connectivity index is 1.44. The lowest BCUT2D eigenvalue weighted by atomic mass is 9.98. The minimum atomic E-state index is -1.10. The van der Waals surface area contributed by atoms with Crippen LogP contribution in [0.25, 0.3) is 21.9 Å². The highest BCUT2D eigenvalue weighted by Gasteiger charge is 2.32. The molecular formula is C28H23NO4. The standard InChI is InChI=1S/C28H23NO4/c1-18(27(30)31)29(21-15-14-19-8-2-3-9-20(19)16-21)28(32)33-17-26-24-12-6-4-10-22(24)23-11-5-7-13-25(23)26/h2-16,18,26H,17H2,1H3,(H,30,31)/t18-/m1/s1. The van der Waals surface area contributed by atoms with Crippen LogP contribution < -0.4 is 4.90 Å². The van der Waals surface area contributed by atoms with Crippen LogP contribution in [0, 0.1) is 0 Å². The first-order valence-electron chi connectivity index (χ1n) is 10.9. The van der Waals surface area contributed by atoms with E-state index in [4.69, 9.17) is 4.74 Å². The molecule has 5 rings (SSSR count). The molecule has 1 amide bonds. The van der Waals surface area contributed by atoms with Crippen molar-refractivity contribution in [2.45, 2.75) is 18.9 Å². The third-order valence-electron chi connectivity index (χ3n) is 6.29. The number of aliphatic carboxylic acids is 1. The summed E-state index contributed by atoms with van der Waals surface area (Å²) in [5.74, 6) is -1.20. The molecular weight excluding hydrogens is 414 g/mol. The predicted octanol–water partition coefficient (Wildman–Crippen LogP) is 6.07. The fourth-order valence-corrected chi connectivity index (χ4v) is 4.59. The van der Waals surface area contributed by atoms with Crippen molar-refractivity contribution < 1.29 is 19.4 Å². The minimum Gasteiger partial charge on any atom is -0.480 e. The molecule has 0 spiro atoms. The topological polar surface area (TPSA) is 66.8 Å². The normalized spacial score (nSPS) is 13.2. The second kappa shape index (κ2) is 8.43. The first-order valence-corrected chi connectivity index (χ1v) is 10.9. The van der Waals surface area contributed by atoms with Crippen LogP contribution in [0.5, 0.6) is 0 Å². The van der Waals surface area contributed by atoms with E-state index < -0.39 is 18.1 Å². The summed E-state index contributed by atoms with van der Waals surface area (Å²) < 4.78 is 5.76. The zero-order valence-electron chi connectivity index (χ0n) is 18.1. The highest BCUT2D eigenvalue weighted by Crippen LogP contribution is 2.44. The monoisotopic (exact) mass is 437 g/mol. The van der Waals surface area contributed by atoms with Gasteiger partial charge in [-0.2, -0.15) is 0 Å². The summed E-state index contributed by atoms with van der Waals surface area (Å²) >= 11 is 0. The van der Waals surface area contributed by atoms with E-state index >= 15 is 0 Å². The Hall–Kier alpha value is -4.12. The molecule has 5 nitrogen and oxygen atoms in total. The second-order valence-corrected chi connectivity index (χ2v) is 8.22. The molecule has 0 saturated carbocycles. The third kappa shape index (κ3) is 3.72. The summed E-state index contributed by atoms with van der Waals surface area (Å²) in [7, 11) is 0. The van der Waals surface area contributed by atoms with Gasteiger partial charge >= 0.3 is 12.1 Å². The molecule has 0 heterocycles. The first kappa shape index (κ1) is 20.8. The molecule has 1 aliphatic rings. The van der Waals surface area contributed by atoms with Gasteiger partial charge in [-0.05, 0) is 52.1 Å². The molecule has 4 aromatic carbocycles. The van der Waals surface area contributed by atoms with Crippen molar-refractivity contribution in [1.29, 1.82) is 0 Å². The van der Waals surface area contributed by atoms with Gasteiger partial charge in [0.1, 0.15) is 12.6 Å². The molecule has 0 fully saturated rings. The van der Waals surface area contributed by atoms with Gasteiger partial charge in [0.05, 0.1) is 0 Å². The molecule has 1 aliphatic carbocycles. The number of carboxylic acid groups (broad SMARTS) is 1. The number of carbonyl (C=O) groups is 2. The Bertz CT molecular complexity index is 1320. The van der Waals surface area contributed by atoms with Crippen molar-refractivity contribution in [1.82, 2.24) is 0 Å². The average Bonchev–Trinajstić information content (AvgIpc) is 3.16. The summed E-state index contributed by atoms with van der Waals surface area (Å²) in [4.78, 5) is 26.3. The van der Waals surface area contributed by atoms with E-state index in [0.717, 1.165) is 33.0 Å². The summed E-state index contributed by atoms with van der Waals surface area (Å²) in [5, 5.41) is 11.6. The summed E-state index contributed by atoms with van der Waals surface area (Å²) in [6.45, 7) is 1.61. The van der Waals surface area contributed by atoms with E-state index in [1.807, 2.05) is 60.7 Å². The number of carboxylic acids is 1. The molecule has 0 saturated heterocycles. The summed E-state index contributed by atoms with van der Waals surface area (Å²) in [5.41, 5.74) is 4.98. The number of amides is 1. The number of fused-ring (bicyclic) bond motifs is 4. The van der Waals surface area contributed by atoms with Crippen LogP contribution in [0.2, 0.25) is 0 Å². The number of anilines is 1. The molecule has 1 N–H and O–H groups in total. The molecule has 164 valence electrons. The molecule has 0 unspecified atom stereocenters. The van der Waals surface area contributed by atoms with Crippen molar-refractivity contribution in [3.8, 4) is 11.1 Å². The maximum Gasteiger partial charge on any atom is 0.415 e. The van der Waals surface area contributed by atoms with Crippen molar-refractivity contribution in [2.75, 3.05) is 11.5 Å². The number of ether oxygens (including phenoxy) is 1. The number of nitrogens with zero attached hydrogens (tertiary/aromatic N) is 1. The van der Waals surface area contributed by atoms with E-state index in [0.29, 0.717) is 5.69 Å². The van der Waals surface area contributed by atoms with Gasteiger partial charge in [-0.3, -0.25) is 4.90 Å². The van der Waals surface area contributed by atoms with E-state index in [1.165, 1.54) is 11.8 Å². The second-order valence-electron chi connectivity index (χ2n) is 8.22. The van der Waals surface area contributed by atoms with Crippen LogP contribution in [0.3, 0.4) is 0 Å². The fraction of sp³-hybridized carbons (Fsp3) is 0.143. The van der Waals surface area contributed by atoms with Crippen LogP contribution in [0.1, 0.15) is 24.0 Å². The van der Waals surface area contributed by atoms with Crippen molar-refractivity contribution in [3.63, 3.8) is 0 Å². The Morgan fingerprint density at radius 1 is 0.848 bits per heavy atom. The van der Waals surface area contributed by atoms with E-state index in [1.54, 1.807) is 6.07 Å². The van der Waals surface area contributed by atoms with Gasteiger partial charge in [0, 0.05) is 11.6 Å². The smallest absolute Gasteiger partial charge is 0.415 e. The Morgan fingerprint density at radius 2 is 1.42 bits per heavy atom. The van der Waals surface area contributed by atoms with Gasteiger partial charge in [-0.1, -0.05) is 78.9 Å². The highest BCUT2D eigenvalue weighted by molar-refractivity contribution is 5.97. The van der Waals surface area contributed by atoms with Gasteiger partial charge < -0.3 is 9.84 Å². The van der Waals surface area contributed by atoms with Crippen LogP contribution in [-0.4, -0.2) is 29.8 Å². The summed E-state index contributed by atoms with van der Waals surface area (Å²) in [6.07, 6.45) is -0.679. The number of hydrogen-bond acceptors (Lipinski definition) is 3. The SMILES string of the molecule is C[C@H](C(=O)O)N(C(=O)OCC1c2ccccc2-c2ccccc21)c1ccc2ccccc2c1. The lowest BCUT2D eigenvalue weighted by Crippen LogP contribution is -2.44. The van der Waals surface area contributed by atoms with E-state index in [-0.39, 0.29) is 12.5 Å². The lowest BCUT2D eigenvalue weighted by molar-refractivity contribution is -0.138. The highest BCUT2D eigenvalue weighted by atomic mass is 16.6. The quantitative estimate of drug-likeness (QED) is 0.412. The molecule has 1 atom stereocenters. The van der Waals surface area contributed by atoms with Gasteiger partial charge in [0.2, 0.25) is 0 Å². The Labute approximate surface area is 191 Å². The minimum absolute atomic E-state index is 0.0973. The van der Waals surface area contributed by atoms with Crippen LogP contribution in [0.4, 0.5) is 10.5 Å². The van der Waals surface area contributed by atoms with Crippen LogP contribution in [-0.2, 0) is 9.53 Å². The molecule has 33 heavy (non-hydrogen) atoms. The molecule has 5 heteroatoms. The molecule has 0 aliphatic heterocycles. The van der Waals surface area contributed by atoms with Crippen molar-refractivity contribution in [3.05, 3.63) is 102 Å². The maximum absolute atomic E-state index is 13.2.